The average Bonchev–Trinajstić information content (AvgIpc) is 3.40. The number of carbonyl (C=O) groups is 1. The first kappa shape index (κ1) is 22.3. The maximum atomic E-state index is 12.5. The van der Waals surface area contributed by atoms with Crippen LogP contribution in [-0.2, 0) is 6.42 Å². The molecule has 0 saturated carbocycles. The highest BCUT2D eigenvalue weighted by Crippen LogP contribution is 2.51. The highest BCUT2D eigenvalue weighted by Gasteiger charge is 2.46. The molecule has 4 aromatic rings. The van der Waals surface area contributed by atoms with Gasteiger partial charge in [0.1, 0.15) is 5.69 Å². The number of fused-ring (bicyclic) bond motifs is 2. The van der Waals surface area contributed by atoms with Crippen molar-refractivity contribution < 1.29 is 4.79 Å². The predicted molar refractivity (Wildman–Crippen MR) is 137 cm³/mol. The van der Waals surface area contributed by atoms with E-state index in [1.165, 1.54) is 11.1 Å². The second-order valence-corrected chi connectivity index (χ2v) is 10.1. The quantitative estimate of drug-likeness (QED) is 0.380. The molecule has 1 fully saturated rings. The smallest absolute Gasteiger partial charge is 0.268 e. The molecule has 5 N–H and O–H groups in total. The van der Waals surface area contributed by atoms with E-state index in [0.29, 0.717) is 38.3 Å². The van der Waals surface area contributed by atoms with Gasteiger partial charge < -0.3 is 16.4 Å². The first-order chi connectivity index (χ1) is 16.9. The number of primary amides is 1. The number of H-pyrrole nitrogens is 1. The van der Waals surface area contributed by atoms with E-state index in [-0.39, 0.29) is 17.2 Å². The van der Waals surface area contributed by atoms with E-state index in [1.807, 2.05) is 0 Å². The molecule has 1 aliphatic carbocycles. The van der Waals surface area contributed by atoms with Crippen molar-refractivity contribution in [3.8, 4) is 11.3 Å². The lowest BCUT2D eigenvalue weighted by molar-refractivity contribution is 0.0997. The number of hydrogen-bond acceptors (Lipinski definition) is 6. The first-order valence-corrected chi connectivity index (χ1v) is 12.2. The van der Waals surface area contributed by atoms with Gasteiger partial charge in [0.05, 0.1) is 21.1 Å². The van der Waals surface area contributed by atoms with Gasteiger partial charge in [0.2, 0.25) is 5.95 Å². The molecule has 1 aliphatic heterocycles. The molecule has 0 bridgehead atoms. The molecule has 1 atom stereocenters. The van der Waals surface area contributed by atoms with Crippen LogP contribution in [0.3, 0.4) is 0 Å². The number of aromatic amines is 1. The molecule has 0 radical (unpaired) electrons. The maximum absolute atomic E-state index is 12.5. The zero-order chi connectivity index (χ0) is 24.3. The third kappa shape index (κ3) is 3.47. The van der Waals surface area contributed by atoms with Crippen molar-refractivity contribution in [3.63, 3.8) is 0 Å². The first-order valence-electron chi connectivity index (χ1n) is 11.5. The van der Waals surface area contributed by atoms with Crippen LogP contribution in [0.5, 0.6) is 0 Å². The molecule has 1 amide bonds. The number of hydrogen-bond donors (Lipinski definition) is 3. The summed E-state index contributed by atoms with van der Waals surface area (Å²) in [5.41, 5.74) is 16.6. The summed E-state index contributed by atoms with van der Waals surface area (Å²) in [7, 11) is 0. The minimum Gasteiger partial charge on any atom is -0.364 e. The van der Waals surface area contributed by atoms with E-state index in [4.69, 9.17) is 34.7 Å². The fourth-order valence-corrected chi connectivity index (χ4v) is 5.98. The SMILES string of the molecule is NC(=O)c1nc(N2CCC3(CC2)Cc2ccccc2[C@H]3N)nc2n[nH]c(-c3cccc(Cl)c3Cl)c12. The van der Waals surface area contributed by atoms with E-state index >= 15 is 0 Å². The van der Waals surface area contributed by atoms with Crippen molar-refractivity contribution in [3.05, 3.63) is 69.3 Å². The van der Waals surface area contributed by atoms with Crippen LogP contribution in [0.4, 0.5) is 5.95 Å². The van der Waals surface area contributed by atoms with Gasteiger partial charge in [0.15, 0.2) is 5.65 Å². The van der Waals surface area contributed by atoms with E-state index in [0.717, 1.165) is 32.4 Å². The van der Waals surface area contributed by atoms with E-state index in [1.54, 1.807) is 18.2 Å². The zero-order valence-corrected chi connectivity index (χ0v) is 20.3. The monoisotopic (exact) mass is 507 g/mol. The van der Waals surface area contributed by atoms with Gasteiger partial charge in [-0.05, 0) is 41.9 Å². The van der Waals surface area contributed by atoms with E-state index in [2.05, 4.69) is 49.3 Å². The molecule has 3 heterocycles. The molecule has 35 heavy (non-hydrogen) atoms. The number of anilines is 1. The van der Waals surface area contributed by atoms with Crippen molar-refractivity contribution in [1.29, 1.82) is 0 Å². The lowest BCUT2D eigenvalue weighted by atomic mass is 9.73. The molecule has 8 nitrogen and oxygen atoms in total. The summed E-state index contributed by atoms with van der Waals surface area (Å²) in [5, 5.41) is 8.44. The van der Waals surface area contributed by atoms with Crippen LogP contribution < -0.4 is 16.4 Å². The molecule has 178 valence electrons. The summed E-state index contributed by atoms with van der Waals surface area (Å²) >= 11 is 12.6. The average molecular weight is 508 g/mol. The van der Waals surface area contributed by atoms with Gasteiger partial charge in [-0.25, -0.2) is 4.98 Å². The summed E-state index contributed by atoms with van der Waals surface area (Å²) in [6, 6.07) is 13.7. The molecular formula is C25H23Cl2N7O. The maximum Gasteiger partial charge on any atom is 0.268 e. The number of nitrogens with one attached hydrogen (secondary N) is 1. The summed E-state index contributed by atoms with van der Waals surface area (Å²) in [6.07, 6.45) is 2.79. The molecule has 2 aliphatic rings. The second-order valence-electron chi connectivity index (χ2n) is 9.34. The number of halogens is 2. The Hall–Kier alpha value is -3.20. The molecular weight excluding hydrogens is 485 g/mol. The Kier molecular flexibility index (Phi) is 5.21. The van der Waals surface area contributed by atoms with Gasteiger partial charge in [-0.2, -0.15) is 10.1 Å². The van der Waals surface area contributed by atoms with Gasteiger partial charge >= 0.3 is 0 Å². The third-order valence-electron chi connectivity index (χ3n) is 7.49. The van der Waals surface area contributed by atoms with Crippen LogP contribution in [-0.4, -0.2) is 39.2 Å². The summed E-state index contributed by atoms with van der Waals surface area (Å²) < 4.78 is 0. The topological polar surface area (TPSA) is 127 Å². The predicted octanol–water partition coefficient (Wildman–Crippen LogP) is 4.27. The van der Waals surface area contributed by atoms with Crippen LogP contribution in [0.25, 0.3) is 22.3 Å². The standard InChI is InChI=1S/C25H23Cl2N7O/c26-16-7-3-6-15(18(16)27)19-17-20(22(29)35)30-24(31-23(17)33-32-19)34-10-8-25(9-11-34)12-13-4-1-2-5-14(13)21(25)28/h1-7,21H,8-12,28H2,(H2,29,35)(H,30,31,32,33)/t21-/m1/s1. The fraction of sp³-hybridized carbons (Fsp3) is 0.280. The van der Waals surface area contributed by atoms with Crippen LogP contribution in [0.15, 0.2) is 42.5 Å². The molecule has 10 heteroatoms. The Labute approximate surface area is 211 Å². The Balaban J connectivity index is 1.34. The normalized spacial score (nSPS) is 18.8. The van der Waals surface area contributed by atoms with Crippen LogP contribution >= 0.6 is 23.2 Å². The van der Waals surface area contributed by atoms with E-state index in [9.17, 15) is 4.79 Å². The van der Waals surface area contributed by atoms with Crippen molar-refractivity contribution >= 4 is 46.1 Å². The van der Waals surface area contributed by atoms with Crippen LogP contribution in [0, 0.1) is 5.41 Å². The number of carbonyl (C=O) groups excluding carboxylic acids is 1. The molecule has 0 unspecified atom stereocenters. The van der Waals surface area contributed by atoms with Gasteiger partial charge in [-0.1, -0.05) is 59.6 Å². The summed E-state index contributed by atoms with van der Waals surface area (Å²) in [5.74, 6) is -0.235. The van der Waals surface area contributed by atoms with Crippen molar-refractivity contribution in [2.45, 2.75) is 25.3 Å². The molecule has 6 rings (SSSR count). The number of piperidine rings is 1. The Morgan fingerprint density at radius 2 is 1.86 bits per heavy atom. The van der Waals surface area contributed by atoms with E-state index < -0.39 is 5.91 Å². The fourth-order valence-electron chi connectivity index (χ4n) is 5.58. The molecule has 1 spiro atoms. The molecule has 2 aromatic heterocycles. The highest BCUT2D eigenvalue weighted by molar-refractivity contribution is 6.43. The Morgan fingerprint density at radius 3 is 2.60 bits per heavy atom. The zero-order valence-electron chi connectivity index (χ0n) is 18.8. The van der Waals surface area contributed by atoms with Crippen molar-refractivity contribution in [2.24, 2.45) is 16.9 Å². The second kappa shape index (κ2) is 8.19. The van der Waals surface area contributed by atoms with Gasteiger partial charge in [-0.3, -0.25) is 9.89 Å². The minimum atomic E-state index is -0.666. The van der Waals surface area contributed by atoms with Crippen molar-refractivity contribution in [1.82, 2.24) is 20.2 Å². The Bertz CT molecular complexity index is 1480. The molecule has 1 saturated heterocycles. The molecule has 2 aromatic carbocycles. The number of nitrogens with zero attached hydrogens (tertiary/aromatic N) is 4. The number of benzene rings is 2. The lowest BCUT2D eigenvalue weighted by Crippen LogP contribution is -2.45. The number of nitrogens with two attached hydrogens (primary N) is 2. The number of rotatable bonds is 3. The minimum absolute atomic E-state index is 0.0155. The summed E-state index contributed by atoms with van der Waals surface area (Å²) in [6.45, 7) is 1.45. The Morgan fingerprint density at radius 1 is 1.09 bits per heavy atom. The number of amides is 1. The third-order valence-corrected chi connectivity index (χ3v) is 8.31. The van der Waals surface area contributed by atoms with Crippen LogP contribution in [0.2, 0.25) is 10.0 Å². The highest BCUT2D eigenvalue weighted by atomic mass is 35.5. The lowest BCUT2D eigenvalue weighted by Gasteiger charge is -2.42. The van der Waals surface area contributed by atoms with Crippen molar-refractivity contribution in [2.75, 3.05) is 18.0 Å². The summed E-state index contributed by atoms with van der Waals surface area (Å²) in [4.78, 5) is 23.8. The number of aromatic nitrogens is 4. The largest absolute Gasteiger partial charge is 0.364 e. The van der Waals surface area contributed by atoms with Gasteiger partial charge in [0, 0.05) is 24.7 Å². The van der Waals surface area contributed by atoms with Gasteiger partial charge in [0.25, 0.3) is 5.91 Å². The van der Waals surface area contributed by atoms with Gasteiger partial charge in [-0.15, -0.1) is 0 Å². The van der Waals surface area contributed by atoms with Crippen LogP contribution in [0.1, 0.15) is 40.5 Å².